The predicted octanol–water partition coefficient (Wildman–Crippen LogP) is -1.04. The number of aryl methyl sites for hydroxylation is 2. The molecule has 0 fully saturated rings. The van der Waals surface area contributed by atoms with Crippen LogP contribution in [0.15, 0.2) is 21.7 Å². The van der Waals surface area contributed by atoms with Crippen molar-refractivity contribution >= 4 is 39.8 Å². The second-order valence-corrected chi connectivity index (χ2v) is 6.18. The molecule has 0 unspecified atom stereocenters. The molecule has 3 rings (SSSR count). The van der Waals surface area contributed by atoms with Gasteiger partial charge in [-0.05, 0) is 31.0 Å². The van der Waals surface area contributed by atoms with Gasteiger partial charge in [0.1, 0.15) is 0 Å². The minimum absolute atomic E-state index is 0.0669. The summed E-state index contributed by atoms with van der Waals surface area (Å²) in [4.78, 5) is 55.4. The molecule has 2 heterocycles. The van der Waals surface area contributed by atoms with Crippen molar-refractivity contribution in [2.45, 2.75) is 19.8 Å². The van der Waals surface area contributed by atoms with Gasteiger partial charge in [-0.3, -0.25) is 18.7 Å². The second-order valence-electron chi connectivity index (χ2n) is 6.18. The van der Waals surface area contributed by atoms with Crippen molar-refractivity contribution in [1.82, 2.24) is 19.1 Å². The molecule has 1 aromatic carbocycles. The highest BCUT2D eigenvalue weighted by Gasteiger charge is 2.14. The number of amides is 1. The standard InChI is InChI=1S/C17H17N5O5/c1-8-6-10-11(7-9(8)18-12(23)4-5-13(24)25)20-15-14(19-10)16(26)22(3)17(27)21(15)2/h6-7H,4-5H2,1-3H3,(H,18,23)(H,24,25)/p-1. The summed E-state index contributed by atoms with van der Waals surface area (Å²) in [5.41, 5.74) is 1.05. The summed E-state index contributed by atoms with van der Waals surface area (Å²) in [6, 6.07) is 3.22. The number of hydrogen-bond acceptors (Lipinski definition) is 7. The Kier molecular flexibility index (Phi) is 4.48. The predicted molar refractivity (Wildman–Crippen MR) is 95.1 cm³/mol. The van der Waals surface area contributed by atoms with Gasteiger partial charge in [0.2, 0.25) is 5.91 Å². The van der Waals surface area contributed by atoms with Crippen LogP contribution in [0.2, 0.25) is 0 Å². The van der Waals surface area contributed by atoms with Gasteiger partial charge in [0.15, 0.2) is 11.2 Å². The number of nitrogens with zero attached hydrogens (tertiary/aromatic N) is 4. The van der Waals surface area contributed by atoms with Crippen molar-refractivity contribution in [3.63, 3.8) is 0 Å². The van der Waals surface area contributed by atoms with Crippen LogP contribution in [-0.4, -0.2) is 31.0 Å². The topological polar surface area (TPSA) is 139 Å². The molecule has 0 aliphatic heterocycles. The van der Waals surface area contributed by atoms with E-state index in [1.165, 1.54) is 18.7 Å². The van der Waals surface area contributed by atoms with Gasteiger partial charge in [-0.25, -0.2) is 14.8 Å². The number of aromatic nitrogens is 4. The summed E-state index contributed by atoms with van der Waals surface area (Å²) < 4.78 is 2.18. The molecule has 0 aliphatic carbocycles. The average molecular weight is 370 g/mol. The van der Waals surface area contributed by atoms with Crippen molar-refractivity contribution < 1.29 is 14.7 Å². The number of carboxylic acid groups (broad SMARTS) is 1. The van der Waals surface area contributed by atoms with Gasteiger partial charge in [0, 0.05) is 32.2 Å². The zero-order valence-electron chi connectivity index (χ0n) is 14.9. The Morgan fingerprint density at radius 1 is 1.07 bits per heavy atom. The molecular formula is C17H16N5O5-. The molecule has 1 amide bonds. The van der Waals surface area contributed by atoms with Crippen molar-refractivity contribution in [3.05, 3.63) is 38.5 Å². The van der Waals surface area contributed by atoms with E-state index in [1.807, 2.05) is 0 Å². The average Bonchev–Trinajstić information content (AvgIpc) is 2.62. The second kappa shape index (κ2) is 6.63. The number of benzene rings is 1. The third-order valence-corrected chi connectivity index (χ3v) is 4.22. The molecule has 2 aromatic heterocycles. The largest absolute Gasteiger partial charge is 0.550 e. The first kappa shape index (κ1) is 18.2. The Hall–Kier alpha value is -3.56. The van der Waals surface area contributed by atoms with Crippen LogP contribution in [0.25, 0.3) is 22.2 Å². The third kappa shape index (κ3) is 3.28. The summed E-state index contributed by atoms with van der Waals surface area (Å²) in [6.07, 6.45) is -0.595. The molecule has 140 valence electrons. The van der Waals surface area contributed by atoms with Crippen molar-refractivity contribution in [3.8, 4) is 0 Å². The first-order valence-electron chi connectivity index (χ1n) is 8.07. The third-order valence-electron chi connectivity index (χ3n) is 4.22. The Morgan fingerprint density at radius 3 is 2.41 bits per heavy atom. The molecule has 1 N–H and O–H groups in total. The van der Waals surface area contributed by atoms with E-state index in [0.29, 0.717) is 22.3 Å². The van der Waals surface area contributed by atoms with E-state index in [1.54, 1.807) is 19.1 Å². The summed E-state index contributed by atoms with van der Waals surface area (Å²) >= 11 is 0. The normalized spacial score (nSPS) is 11.1. The highest BCUT2D eigenvalue weighted by molar-refractivity contribution is 5.96. The molecule has 0 atom stereocenters. The maximum atomic E-state index is 12.3. The van der Waals surface area contributed by atoms with Crippen LogP contribution in [0, 0.1) is 6.92 Å². The lowest BCUT2D eigenvalue weighted by Crippen LogP contribution is -2.37. The van der Waals surface area contributed by atoms with E-state index in [-0.39, 0.29) is 24.0 Å². The zero-order chi connectivity index (χ0) is 19.9. The van der Waals surface area contributed by atoms with E-state index in [9.17, 15) is 24.3 Å². The molecule has 3 aromatic rings. The molecule has 27 heavy (non-hydrogen) atoms. The maximum absolute atomic E-state index is 12.3. The van der Waals surface area contributed by atoms with Crippen LogP contribution >= 0.6 is 0 Å². The Labute approximate surface area is 152 Å². The quantitative estimate of drug-likeness (QED) is 0.579. The number of carbonyl (C=O) groups excluding carboxylic acids is 2. The van der Waals surface area contributed by atoms with Gasteiger partial charge in [-0.1, -0.05) is 0 Å². The number of anilines is 1. The SMILES string of the molecule is Cc1cc2nc3c(=O)n(C)c(=O)n(C)c3nc2cc1NC(=O)CCC(=O)[O-]. The van der Waals surface area contributed by atoms with Crippen LogP contribution in [-0.2, 0) is 23.7 Å². The van der Waals surface area contributed by atoms with Crippen molar-refractivity contribution in [2.24, 2.45) is 14.1 Å². The first-order chi connectivity index (χ1) is 12.7. The summed E-state index contributed by atoms with van der Waals surface area (Å²) in [7, 11) is 2.86. The van der Waals surface area contributed by atoms with E-state index in [0.717, 1.165) is 4.57 Å². The fraction of sp³-hybridized carbons (Fsp3) is 0.294. The molecule has 0 saturated heterocycles. The molecule has 10 nitrogen and oxygen atoms in total. The van der Waals surface area contributed by atoms with Crippen LogP contribution in [0.3, 0.4) is 0 Å². The molecule has 0 saturated carbocycles. The van der Waals surface area contributed by atoms with E-state index < -0.39 is 23.1 Å². The molecule has 0 bridgehead atoms. The number of carboxylic acids is 1. The number of fused-ring (bicyclic) bond motifs is 2. The van der Waals surface area contributed by atoms with Gasteiger partial charge in [0.05, 0.1) is 11.0 Å². The minimum Gasteiger partial charge on any atom is -0.550 e. The summed E-state index contributed by atoms with van der Waals surface area (Å²) in [5.74, 6) is -1.78. The molecule has 10 heteroatoms. The Bertz CT molecular complexity index is 1220. The van der Waals surface area contributed by atoms with Gasteiger partial charge in [-0.2, -0.15) is 0 Å². The monoisotopic (exact) mass is 370 g/mol. The van der Waals surface area contributed by atoms with Crippen LogP contribution in [0.5, 0.6) is 0 Å². The highest BCUT2D eigenvalue weighted by atomic mass is 16.4. The van der Waals surface area contributed by atoms with Crippen LogP contribution in [0.4, 0.5) is 5.69 Å². The van der Waals surface area contributed by atoms with Crippen molar-refractivity contribution in [2.75, 3.05) is 5.32 Å². The highest BCUT2D eigenvalue weighted by Crippen LogP contribution is 2.22. The molecule has 0 radical (unpaired) electrons. The number of rotatable bonds is 4. The summed E-state index contributed by atoms with van der Waals surface area (Å²) in [6.45, 7) is 1.73. The molecule has 0 spiro atoms. The lowest BCUT2D eigenvalue weighted by molar-refractivity contribution is -0.305. The van der Waals surface area contributed by atoms with Gasteiger partial charge in [-0.15, -0.1) is 0 Å². The van der Waals surface area contributed by atoms with E-state index in [4.69, 9.17) is 0 Å². The van der Waals surface area contributed by atoms with Crippen molar-refractivity contribution in [1.29, 1.82) is 0 Å². The van der Waals surface area contributed by atoms with E-state index in [2.05, 4.69) is 15.3 Å². The Balaban J connectivity index is 2.13. The number of hydrogen-bond donors (Lipinski definition) is 1. The van der Waals surface area contributed by atoms with Gasteiger partial charge in [0.25, 0.3) is 5.56 Å². The zero-order valence-corrected chi connectivity index (χ0v) is 14.9. The number of carbonyl (C=O) groups is 2. The number of nitrogens with one attached hydrogen (secondary N) is 1. The molecule has 0 aliphatic rings. The fourth-order valence-corrected chi connectivity index (χ4v) is 2.70. The number of aliphatic carboxylic acids is 1. The fourth-order valence-electron chi connectivity index (χ4n) is 2.70. The lowest BCUT2D eigenvalue weighted by atomic mass is 10.1. The first-order valence-corrected chi connectivity index (χ1v) is 8.07. The Morgan fingerprint density at radius 2 is 1.74 bits per heavy atom. The summed E-state index contributed by atoms with van der Waals surface area (Å²) in [5, 5.41) is 13.1. The van der Waals surface area contributed by atoms with Crippen LogP contribution in [0.1, 0.15) is 18.4 Å². The minimum atomic E-state index is -1.31. The lowest BCUT2D eigenvalue weighted by Gasteiger charge is -2.11. The van der Waals surface area contributed by atoms with E-state index >= 15 is 0 Å². The smallest absolute Gasteiger partial charge is 0.332 e. The maximum Gasteiger partial charge on any atom is 0.332 e. The molecular weight excluding hydrogens is 354 g/mol. The van der Waals surface area contributed by atoms with Gasteiger partial charge < -0.3 is 15.2 Å². The van der Waals surface area contributed by atoms with Gasteiger partial charge >= 0.3 is 5.69 Å². The van der Waals surface area contributed by atoms with Crippen LogP contribution < -0.4 is 21.7 Å².